The molecule has 1 aliphatic heterocycles. The van der Waals surface area contributed by atoms with Gasteiger partial charge in [0.15, 0.2) is 0 Å². The second kappa shape index (κ2) is 6.41. The van der Waals surface area contributed by atoms with E-state index in [2.05, 4.69) is 26.4 Å². The summed E-state index contributed by atoms with van der Waals surface area (Å²) in [5.74, 6) is 4.29. The molecule has 1 saturated heterocycles. The number of aromatic nitrogens is 3. The predicted octanol–water partition coefficient (Wildman–Crippen LogP) is 3.30. The van der Waals surface area contributed by atoms with Gasteiger partial charge in [-0.15, -0.1) is 0 Å². The van der Waals surface area contributed by atoms with Crippen LogP contribution in [0.15, 0.2) is 22.9 Å². The molecule has 132 valence electrons. The third-order valence-electron chi connectivity index (χ3n) is 5.42. The van der Waals surface area contributed by atoms with Crippen molar-refractivity contribution in [1.29, 1.82) is 0 Å². The van der Waals surface area contributed by atoms with Crippen molar-refractivity contribution in [3.8, 4) is 0 Å². The number of rotatable bonds is 6. The molecule has 1 unspecified atom stereocenters. The number of piperidine rings is 1. The van der Waals surface area contributed by atoms with Crippen molar-refractivity contribution < 1.29 is 4.52 Å². The van der Waals surface area contributed by atoms with Crippen LogP contribution in [0.2, 0.25) is 0 Å². The number of nitrogens with one attached hydrogen (secondary N) is 1. The van der Waals surface area contributed by atoms with E-state index in [0.29, 0.717) is 17.9 Å². The van der Waals surface area contributed by atoms with E-state index in [1.165, 1.54) is 38.5 Å². The van der Waals surface area contributed by atoms with Crippen molar-refractivity contribution in [2.45, 2.75) is 62.9 Å². The van der Waals surface area contributed by atoms with Gasteiger partial charge in [-0.2, -0.15) is 0 Å². The maximum absolute atomic E-state index is 5.48. The number of anilines is 1. The molecular formula is C19H25N5O. The quantitative estimate of drug-likeness (QED) is 0.871. The van der Waals surface area contributed by atoms with Gasteiger partial charge >= 0.3 is 0 Å². The smallest absolute Gasteiger partial charge is 0.140 e. The summed E-state index contributed by atoms with van der Waals surface area (Å²) in [6.45, 7) is 3.03. The van der Waals surface area contributed by atoms with Gasteiger partial charge in [-0.1, -0.05) is 5.16 Å². The molecule has 2 aromatic rings. The molecule has 3 fully saturated rings. The molecule has 0 amide bonds. The van der Waals surface area contributed by atoms with Crippen molar-refractivity contribution in [3.05, 3.63) is 35.6 Å². The van der Waals surface area contributed by atoms with Gasteiger partial charge in [0.2, 0.25) is 0 Å². The zero-order chi connectivity index (χ0) is 16.6. The highest BCUT2D eigenvalue weighted by atomic mass is 16.5. The average molecular weight is 339 g/mol. The van der Waals surface area contributed by atoms with E-state index in [9.17, 15) is 0 Å². The van der Waals surface area contributed by atoms with Gasteiger partial charge in [0.25, 0.3) is 0 Å². The molecule has 2 saturated carbocycles. The minimum Gasteiger partial charge on any atom is -0.366 e. The molecule has 0 aromatic carbocycles. The first-order valence-electron chi connectivity index (χ1n) is 9.61. The molecule has 3 heterocycles. The van der Waals surface area contributed by atoms with E-state index in [-0.39, 0.29) is 0 Å². The number of likely N-dealkylation sites (tertiary alicyclic amines) is 1. The Kier molecular flexibility index (Phi) is 3.93. The summed E-state index contributed by atoms with van der Waals surface area (Å²) in [4.78, 5) is 11.6. The van der Waals surface area contributed by atoms with Gasteiger partial charge in [0.05, 0.1) is 5.69 Å². The zero-order valence-corrected chi connectivity index (χ0v) is 14.5. The van der Waals surface area contributed by atoms with E-state index in [4.69, 9.17) is 9.51 Å². The summed E-state index contributed by atoms with van der Waals surface area (Å²) in [6, 6.07) is 4.58. The SMILES string of the molecule is c1cc(NC2CCCN(Cc3cc(C4CC4)on3)C2)nc(C2CC2)n1. The molecule has 25 heavy (non-hydrogen) atoms. The Hall–Kier alpha value is -1.95. The Balaban J connectivity index is 1.19. The molecule has 6 heteroatoms. The molecule has 2 aromatic heterocycles. The van der Waals surface area contributed by atoms with Gasteiger partial charge in [-0.05, 0) is 51.1 Å². The second-order valence-corrected chi connectivity index (χ2v) is 7.79. The maximum Gasteiger partial charge on any atom is 0.140 e. The molecule has 5 rings (SSSR count). The Morgan fingerprint density at radius 2 is 2.04 bits per heavy atom. The molecule has 6 nitrogen and oxygen atoms in total. The minimum absolute atomic E-state index is 0.436. The summed E-state index contributed by atoms with van der Waals surface area (Å²) in [5.41, 5.74) is 1.07. The van der Waals surface area contributed by atoms with E-state index in [1.54, 1.807) is 0 Å². The maximum atomic E-state index is 5.48. The topological polar surface area (TPSA) is 67.1 Å². The minimum atomic E-state index is 0.436. The largest absolute Gasteiger partial charge is 0.366 e. The van der Waals surface area contributed by atoms with E-state index in [1.807, 2.05) is 12.3 Å². The van der Waals surface area contributed by atoms with Gasteiger partial charge < -0.3 is 9.84 Å². The summed E-state index contributed by atoms with van der Waals surface area (Å²) >= 11 is 0. The second-order valence-electron chi connectivity index (χ2n) is 7.79. The van der Waals surface area contributed by atoms with Gasteiger partial charge in [-0.3, -0.25) is 4.90 Å². The van der Waals surface area contributed by atoms with Gasteiger partial charge in [0, 0.05) is 43.2 Å². The van der Waals surface area contributed by atoms with Crippen molar-refractivity contribution in [3.63, 3.8) is 0 Å². The van der Waals surface area contributed by atoms with Crippen LogP contribution < -0.4 is 5.32 Å². The van der Waals surface area contributed by atoms with Crippen LogP contribution in [0.1, 0.15) is 67.6 Å². The normalized spacial score (nSPS) is 24.4. The molecule has 1 atom stereocenters. The Morgan fingerprint density at radius 3 is 2.88 bits per heavy atom. The van der Waals surface area contributed by atoms with Crippen molar-refractivity contribution in [2.75, 3.05) is 18.4 Å². The van der Waals surface area contributed by atoms with Gasteiger partial charge in [0.1, 0.15) is 17.4 Å². The Bertz CT molecular complexity index is 737. The lowest BCUT2D eigenvalue weighted by atomic mass is 10.1. The summed E-state index contributed by atoms with van der Waals surface area (Å²) in [5, 5.41) is 7.88. The van der Waals surface area contributed by atoms with Crippen molar-refractivity contribution in [1.82, 2.24) is 20.0 Å². The molecule has 0 bridgehead atoms. The highest BCUT2D eigenvalue weighted by Crippen LogP contribution is 2.40. The standard InChI is InChI=1S/C19H25N5O/c1-2-15(21-18-7-8-20-19(22-18)14-5-6-14)11-24(9-1)12-16-10-17(25-23-16)13-3-4-13/h7-8,10,13-15H,1-6,9,11-12H2,(H,20,21,22). The molecule has 0 radical (unpaired) electrons. The van der Waals surface area contributed by atoms with Crippen LogP contribution in [0.25, 0.3) is 0 Å². The molecular weight excluding hydrogens is 314 g/mol. The zero-order valence-electron chi connectivity index (χ0n) is 14.5. The first-order chi connectivity index (χ1) is 12.3. The lowest BCUT2D eigenvalue weighted by molar-refractivity contribution is 0.203. The fourth-order valence-corrected chi connectivity index (χ4v) is 3.71. The van der Waals surface area contributed by atoms with Gasteiger partial charge in [-0.25, -0.2) is 9.97 Å². The first-order valence-corrected chi connectivity index (χ1v) is 9.61. The lowest BCUT2D eigenvalue weighted by Gasteiger charge is -2.32. The molecule has 0 spiro atoms. The lowest BCUT2D eigenvalue weighted by Crippen LogP contribution is -2.41. The highest BCUT2D eigenvalue weighted by molar-refractivity contribution is 5.35. The average Bonchev–Trinajstić information content (AvgIpc) is 3.54. The first kappa shape index (κ1) is 15.3. The van der Waals surface area contributed by atoms with Crippen LogP contribution in [0.4, 0.5) is 5.82 Å². The van der Waals surface area contributed by atoms with Crippen molar-refractivity contribution in [2.24, 2.45) is 0 Å². The third kappa shape index (κ3) is 3.68. The molecule has 2 aliphatic carbocycles. The summed E-state index contributed by atoms with van der Waals surface area (Å²) in [6.07, 6.45) is 9.26. The molecule has 1 N–H and O–H groups in total. The number of nitrogens with zero attached hydrogens (tertiary/aromatic N) is 4. The van der Waals surface area contributed by atoms with Crippen LogP contribution in [0.3, 0.4) is 0 Å². The fraction of sp³-hybridized carbons (Fsp3) is 0.632. The van der Waals surface area contributed by atoms with Crippen LogP contribution in [0.5, 0.6) is 0 Å². The van der Waals surface area contributed by atoms with Crippen LogP contribution >= 0.6 is 0 Å². The Labute approximate surface area is 148 Å². The van der Waals surface area contributed by atoms with Crippen molar-refractivity contribution >= 4 is 5.82 Å². The van der Waals surface area contributed by atoms with E-state index in [0.717, 1.165) is 42.7 Å². The summed E-state index contributed by atoms with van der Waals surface area (Å²) < 4.78 is 5.48. The summed E-state index contributed by atoms with van der Waals surface area (Å²) in [7, 11) is 0. The Morgan fingerprint density at radius 1 is 1.16 bits per heavy atom. The van der Waals surface area contributed by atoms with Crippen LogP contribution in [0, 0.1) is 0 Å². The molecule has 3 aliphatic rings. The number of hydrogen-bond acceptors (Lipinski definition) is 6. The van der Waals surface area contributed by atoms with Crippen LogP contribution in [-0.4, -0.2) is 39.2 Å². The van der Waals surface area contributed by atoms with Crippen LogP contribution in [-0.2, 0) is 6.54 Å². The van der Waals surface area contributed by atoms with E-state index < -0.39 is 0 Å². The monoisotopic (exact) mass is 339 g/mol. The third-order valence-corrected chi connectivity index (χ3v) is 5.42. The highest BCUT2D eigenvalue weighted by Gasteiger charge is 2.29. The predicted molar refractivity (Wildman–Crippen MR) is 94.4 cm³/mol. The number of hydrogen-bond donors (Lipinski definition) is 1. The van der Waals surface area contributed by atoms with E-state index >= 15 is 0 Å². The fourth-order valence-electron chi connectivity index (χ4n) is 3.71.